The Labute approximate surface area is 107 Å². The molecule has 0 bridgehead atoms. The molecule has 0 saturated heterocycles. The molecule has 3 rings (SSSR count). The van der Waals surface area contributed by atoms with E-state index in [-0.39, 0.29) is 6.10 Å². The van der Waals surface area contributed by atoms with Gasteiger partial charge in [-0.1, -0.05) is 0 Å². The number of fused-ring (bicyclic) bond motifs is 1. The molecule has 2 N–H and O–H groups in total. The van der Waals surface area contributed by atoms with Crippen molar-refractivity contribution in [1.29, 1.82) is 0 Å². The maximum Gasteiger partial charge on any atom is 0.231 e. The minimum atomic E-state index is -0.0770. The minimum absolute atomic E-state index is 0.0770. The summed E-state index contributed by atoms with van der Waals surface area (Å²) < 4.78 is 10.6. The number of hydrogen-bond donors (Lipinski definition) is 2. The first-order valence-electron chi connectivity index (χ1n) is 6.63. The number of rotatable bonds is 3. The van der Waals surface area contributed by atoms with Crippen molar-refractivity contribution in [2.45, 2.75) is 31.8 Å². The number of hydrogen-bond acceptors (Lipinski definition) is 4. The number of benzene rings is 1. The van der Waals surface area contributed by atoms with Crippen molar-refractivity contribution in [1.82, 2.24) is 0 Å². The van der Waals surface area contributed by atoms with Crippen molar-refractivity contribution in [3.05, 3.63) is 18.2 Å². The van der Waals surface area contributed by atoms with Crippen molar-refractivity contribution < 1.29 is 14.6 Å². The molecule has 4 heteroatoms. The lowest BCUT2D eigenvalue weighted by Crippen LogP contribution is -2.23. The fourth-order valence-electron chi connectivity index (χ4n) is 2.62. The molecule has 1 heterocycles. The third-order valence-electron chi connectivity index (χ3n) is 3.78. The van der Waals surface area contributed by atoms with Gasteiger partial charge in [-0.2, -0.15) is 0 Å². The van der Waals surface area contributed by atoms with Crippen LogP contribution in [0.3, 0.4) is 0 Å². The van der Waals surface area contributed by atoms with Crippen LogP contribution < -0.4 is 14.8 Å². The van der Waals surface area contributed by atoms with Gasteiger partial charge in [0.2, 0.25) is 6.79 Å². The van der Waals surface area contributed by atoms with Crippen molar-refractivity contribution in [3.63, 3.8) is 0 Å². The van der Waals surface area contributed by atoms with Crippen LogP contribution in [0, 0.1) is 5.92 Å². The number of aliphatic hydroxyl groups excluding tert-OH is 1. The Kier molecular flexibility index (Phi) is 3.28. The molecule has 0 aromatic heterocycles. The van der Waals surface area contributed by atoms with Gasteiger partial charge in [-0.25, -0.2) is 0 Å². The van der Waals surface area contributed by atoms with Crippen LogP contribution in [0.15, 0.2) is 18.2 Å². The van der Waals surface area contributed by atoms with Crippen LogP contribution >= 0.6 is 0 Å². The molecule has 1 aromatic rings. The summed E-state index contributed by atoms with van der Waals surface area (Å²) in [6, 6.07) is 5.94. The first-order chi connectivity index (χ1) is 8.81. The largest absolute Gasteiger partial charge is 0.454 e. The highest BCUT2D eigenvalue weighted by Gasteiger charge is 2.19. The Hall–Kier alpha value is -1.42. The van der Waals surface area contributed by atoms with Crippen LogP contribution in [0.1, 0.15) is 25.7 Å². The number of ether oxygens (including phenoxy) is 2. The molecule has 1 aliphatic heterocycles. The van der Waals surface area contributed by atoms with Gasteiger partial charge < -0.3 is 19.9 Å². The topological polar surface area (TPSA) is 50.7 Å². The highest BCUT2D eigenvalue weighted by atomic mass is 16.7. The van der Waals surface area contributed by atoms with Gasteiger partial charge in [0.15, 0.2) is 11.5 Å². The molecule has 0 atom stereocenters. The SMILES string of the molecule is OC1CCC(CNc2ccc3c(c2)OCO3)CC1. The first kappa shape index (κ1) is 11.7. The average molecular weight is 249 g/mol. The van der Waals surface area contributed by atoms with Crippen LogP contribution in [-0.2, 0) is 0 Å². The second-order valence-electron chi connectivity index (χ2n) is 5.12. The van der Waals surface area contributed by atoms with Crippen molar-refractivity contribution in [2.75, 3.05) is 18.7 Å². The quantitative estimate of drug-likeness (QED) is 0.863. The summed E-state index contributed by atoms with van der Waals surface area (Å²) in [7, 11) is 0. The molecule has 18 heavy (non-hydrogen) atoms. The predicted molar refractivity (Wildman–Crippen MR) is 69.0 cm³/mol. The number of aliphatic hydroxyl groups is 1. The van der Waals surface area contributed by atoms with Gasteiger partial charge in [0.25, 0.3) is 0 Å². The summed E-state index contributed by atoms with van der Waals surface area (Å²) in [5.74, 6) is 2.30. The van der Waals surface area contributed by atoms with Crippen molar-refractivity contribution >= 4 is 5.69 Å². The van der Waals surface area contributed by atoms with Crippen LogP contribution in [0.5, 0.6) is 11.5 Å². The van der Waals surface area contributed by atoms with E-state index in [0.717, 1.165) is 49.4 Å². The summed E-state index contributed by atoms with van der Waals surface area (Å²) in [6.07, 6.45) is 4.02. The van der Waals surface area contributed by atoms with E-state index >= 15 is 0 Å². The van der Waals surface area contributed by atoms with Gasteiger partial charge in [0.05, 0.1) is 6.10 Å². The molecule has 0 unspecified atom stereocenters. The molecule has 0 spiro atoms. The molecular weight excluding hydrogens is 230 g/mol. The first-order valence-corrected chi connectivity index (χ1v) is 6.63. The smallest absolute Gasteiger partial charge is 0.231 e. The van der Waals surface area contributed by atoms with Crippen LogP contribution in [-0.4, -0.2) is 24.5 Å². The van der Waals surface area contributed by atoms with Crippen LogP contribution in [0.2, 0.25) is 0 Å². The van der Waals surface area contributed by atoms with E-state index in [1.165, 1.54) is 0 Å². The van der Waals surface area contributed by atoms with Gasteiger partial charge in [0.1, 0.15) is 0 Å². The monoisotopic (exact) mass is 249 g/mol. The highest BCUT2D eigenvalue weighted by molar-refractivity contribution is 5.55. The van der Waals surface area contributed by atoms with E-state index in [0.29, 0.717) is 12.7 Å². The zero-order valence-corrected chi connectivity index (χ0v) is 10.4. The van der Waals surface area contributed by atoms with Crippen molar-refractivity contribution in [2.24, 2.45) is 5.92 Å². The lowest BCUT2D eigenvalue weighted by Gasteiger charge is -2.25. The zero-order chi connectivity index (χ0) is 12.4. The van der Waals surface area contributed by atoms with E-state index in [9.17, 15) is 5.11 Å². The molecule has 1 aliphatic carbocycles. The second kappa shape index (κ2) is 5.06. The fourth-order valence-corrected chi connectivity index (χ4v) is 2.62. The lowest BCUT2D eigenvalue weighted by molar-refractivity contribution is 0.111. The molecule has 1 fully saturated rings. The predicted octanol–water partition coefficient (Wildman–Crippen LogP) is 2.38. The molecule has 0 radical (unpaired) electrons. The van der Waals surface area contributed by atoms with E-state index in [1.54, 1.807) is 0 Å². The lowest BCUT2D eigenvalue weighted by atomic mass is 9.87. The van der Waals surface area contributed by atoms with Gasteiger partial charge in [-0.3, -0.25) is 0 Å². The molecule has 98 valence electrons. The Morgan fingerprint density at radius 2 is 1.89 bits per heavy atom. The maximum absolute atomic E-state index is 9.47. The zero-order valence-electron chi connectivity index (χ0n) is 10.4. The second-order valence-corrected chi connectivity index (χ2v) is 5.12. The van der Waals surface area contributed by atoms with Gasteiger partial charge in [0, 0.05) is 18.3 Å². The van der Waals surface area contributed by atoms with E-state index in [4.69, 9.17) is 9.47 Å². The average Bonchev–Trinajstić information content (AvgIpc) is 2.85. The third kappa shape index (κ3) is 2.53. The molecular formula is C14H19NO3. The summed E-state index contributed by atoms with van der Waals surface area (Å²) in [5, 5.41) is 12.9. The number of nitrogens with one attached hydrogen (secondary N) is 1. The molecule has 2 aliphatic rings. The standard InChI is InChI=1S/C14H19NO3/c16-12-4-1-10(2-5-12)8-15-11-3-6-13-14(7-11)18-9-17-13/h3,6-7,10,12,15-16H,1-2,4-5,8-9H2. The Bertz CT molecular complexity index is 414. The Balaban J connectivity index is 1.54. The minimum Gasteiger partial charge on any atom is -0.454 e. The highest BCUT2D eigenvalue weighted by Crippen LogP contribution is 2.34. The summed E-state index contributed by atoms with van der Waals surface area (Å²) in [6.45, 7) is 1.28. The summed E-state index contributed by atoms with van der Waals surface area (Å²) >= 11 is 0. The maximum atomic E-state index is 9.47. The normalized spacial score (nSPS) is 26.1. The fraction of sp³-hybridized carbons (Fsp3) is 0.571. The van der Waals surface area contributed by atoms with Crippen molar-refractivity contribution in [3.8, 4) is 11.5 Å². The molecule has 1 saturated carbocycles. The van der Waals surface area contributed by atoms with Crippen LogP contribution in [0.4, 0.5) is 5.69 Å². The molecule has 1 aromatic carbocycles. The third-order valence-corrected chi connectivity index (χ3v) is 3.78. The van der Waals surface area contributed by atoms with E-state index in [1.807, 2.05) is 18.2 Å². The number of anilines is 1. The van der Waals surface area contributed by atoms with Crippen LogP contribution in [0.25, 0.3) is 0 Å². The summed E-state index contributed by atoms with van der Waals surface area (Å²) in [5.41, 5.74) is 1.07. The Morgan fingerprint density at radius 1 is 1.11 bits per heavy atom. The van der Waals surface area contributed by atoms with Gasteiger partial charge in [-0.15, -0.1) is 0 Å². The van der Waals surface area contributed by atoms with E-state index < -0.39 is 0 Å². The molecule has 0 amide bonds. The van der Waals surface area contributed by atoms with Gasteiger partial charge in [-0.05, 0) is 43.7 Å². The summed E-state index contributed by atoms with van der Waals surface area (Å²) in [4.78, 5) is 0. The van der Waals surface area contributed by atoms with E-state index in [2.05, 4.69) is 5.32 Å². The van der Waals surface area contributed by atoms with Gasteiger partial charge >= 0.3 is 0 Å². The molecule has 4 nitrogen and oxygen atoms in total. The Morgan fingerprint density at radius 3 is 2.72 bits per heavy atom.